The van der Waals surface area contributed by atoms with Gasteiger partial charge in [-0.15, -0.1) is 0 Å². The number of carboxylic acid groups (broad SMARTS) is 1. The van der Waals surface area contributed by atoms with Crippen molar-refractivity contribution >= 4 is 27.6 Å². The summed E-state index contributed by atoms with van der Waals surface area (Å²) in [5, 5.41) is 11.5. The monoisotopic (exact) mass is 275 g/mol. The lowest BCUT2D eigenvalue weighted by atomic mass is 10.2. The lowest BCUT2D eigenvalue weighted by Crippen LogP contribution is -2.19. The summed E-state index contributed by atoms with van der Waals surface area (Å²) in [5.41, 5.74) is 0.573. The molecule has 0 amide bonds. The SMILES string of the molecule is CC(CNc1ccc(Br)c(F)c1)C(=O)O. The minimum Gasteiger partial charge on any atom is -0.481 e. The summed E-state index contributed by atoms with van der Waals surface area (Å²) < 4.78 is 13.4. The van der Waals surface area contributed by atoms with Crippen LogP contribution >= 0.6 is 15.9 Å². The Balaban J connectivity index is 2.58. The number of rotatable bonds is 4. The molecule has 0 saturated carbocycles. The van der Waals surface area contributed by atoms with Gasteiger partial charge in [-0.05, 0) is 34.1 Å². The summed E-state index contributed by atoms with van der Waals surface area (Å²) in [7, 11) is 0. The third-order valence-corrected chi connectivity index (χ3v) is 2.60. The van der Waals surface area contributed by atoms with Crippen molar-refractivity contribution in [2.75, 3.05) is 11.9 Å². The zero-order chi connectivity index (χ0) is 11.4. The standard InChI is InChI=1S/C10H11BrFNO2/c1-6(10(14)15)5-13-7-2-3-8(11)9(12)4-7/h2-4,6,13H,5H2,1H3,(H,14,15). The predicted octanol–water partition coefficient (Wildman–Crippen LogP) is 2.72. The van der Waals surface area contributed by atoms with E-state index in [2.05, 4.69) is 21.2 Å². The van der Waals surface area contributed by atoms with Crippen LogP contribution in [0.1, 0.15) is 6.92 Å². The van der Waals surface area contributed by atoms with Gasteiger partial charge in [0.25, 0.3) is 0 Å². The van der Waals surface area contributed by atoms with Crippen LogP contribution in [0.3, 0.4) is 0 Å². The van der Waals surface area contributed by atoms with Crippen molar-refractivity contribution in [3.8, 4) is 0 Å². The van der Waals surface area contributed by atoms with Gasteiger partial charge in [0.2, 0.25) is 0 Å². The largest absolute Gasteiger partial charge is 0.481 e. The third kappa shape index (κ3) is 3.51. The minimum atomic E-state index is -0.875. The van der Waals surface area contributed by atoms with E-state index in [0.717, 1.165) is 0 Å². The summed E-state index contributed by atoms with van der Waals surface area (Å²) in [6.07, 6.45) is 0. The molecular formula is C10H11BrFNO2. The molecule has 1 unspecified atom stereocenters. The molecule has 3 nitrogen and oxygen atoms in total. The van der Waals surface area contributed by atoms with E-state index in [1.807, 2.05) is 0 Å². The molecule has 0 spiro atoms. The molecule has 0 heterocycles. The van der Waals surface area contributed by atoms with Gasteiger partial charge in [0.1, 0.15) is 5.82 Å². The summed E-state index contributed by atoms with van der Waals surface area (Å²) in [5.74, 6) is -1.75. The fraction of sp³-hybridized carbons (Fsp3) is 0.300. The maximum absolute atomic E-state index is 13.1. The first-order valence-corrected chi connectivity index (χ1v) is 5.21. The molecule has 1 aromatic carbocycles. The highest BCUT2D eigenvalue weighted by Crippen LogP contribution is 2.19. The Morgan fingerprint density at radius 3 is 2.87 bits per heavy atom. The van der Waals surface area contributed by atoms with Gasteiger partial charge in [-0.3, -0.25) is 4.79 Å². The smallest absolute Gasteiger partial charge is 0.308 e. The number of aliphatic carboxylic acids is 1. The van der Waals surface area contributed by atoms with Crippen molar-refractivity contribution in [2.24, 2.45) is 5.92 Å². The fourth-order valence-corrected chi connectivity index (χ4v) is 1.21. The number of anilines is 1. The highest BCUT2D eigenvalue weighted by Gasteiger charge is 2.10. The Morgan fingerprint density at radius 1 is 1.67 bits per heavy atom. The Hall–Kier alpha value is -1.10. The van der Waals surface area contributed by atoms with Crippen molar-refractivity contribution < 1.29 is 14.3 Å². The Kier molecular flexibility index (Phi) is 4.08. The van der Waals surface area contributed by atoms with Crippen LogP contribution in [0.25, 0.3) is 0 Å². The minimum absolute atomic E-state index is 0.274. The molecule has 82 valence electrons. The van der Waals surface area contributed by atoms with Gasteiger partial charge in [-0.1, -0.05) is 6.92 Å². The molecule has 1 rings (SSSR count). The summed E-state index contributed by atoms with van der Waals surface area (Å²) in [6.45, 7) is 1.86. The van der Waals surface area contributed by atoms with Crippen molar-refractivity contribution in [1.29, 1.82) is 0 Å². The molecular weight excluding hydrogens is 265 g/mol. The van der Waals surface area contributed by atoms with Gasteiger partial charge in [0.05, 0.1) is 10.4 Å². The summed E-state index contributed by atoms with van der Waals surface area (Å²) >= 11 is 3.04. The maximum atomic E-state index is 13.1. The number of benzene rings is 1. The van der Waals surface area contributed by atoms with Gasteiger partial charge in [0, 0.05) is 12.2 Å². The van der Waals surface area contributed by atoms with E-state index >= 15 is 0 Å². The van der Waals surface area contributed by atoms with E-state index in [-0.39, 0.29) is 12.4 Å². The van der Waals surface area contributed by atoms with Crippen LogP contribution in [0, 0.1) is 11.7 Å². The first-order chi connectivity index (χ1) is 7.00. The molecule has 1 aromatic rings. The lowest BCUT2D eigenvalue weighted by Gasteiger charge is -2.09. The normalized spacial score (nSPS) is 12.2. The van der Waals surface area contributed by atoms with Crippen molar-refractivity contribution in [3.63, 3.8) is 0 Å². The average Bonchev–Trinajstić information content (AvgIpc) is 2.19. The summed E-state index contributed by atoms with van der Waals surface area (Å²) in [4.78, 5) is 10.5. The Morgan fingerprint density at radius 2 is 2.33 bits per heavy atom. The van der Waals surface area contributed by atoms with Crippen molar-refractivity contribution in [1.82, 2.24) is 0 Å². The zero-order valence-electron chi connectivity index (χ0n) is 8.13. The van der Waals surface area contributed by atoms with E-state index < -0.39 is 11.9 Å². The van der Waals surface area contributed by atoms with Gasteiger partial charge in [-0.2, -0.15) is 0 Å². The molecule has 1 atom stereocenters. The fourth-order valence-electron chi connectivity index (χ4n) is 0.964. The lowest BCUT2D eigenvalue weighted by molar-refractivity contribution is -0.140. The van der Waals surface area contributed by atoms with Crippen LogP contribution in [0.15, 0.2) is 22.7 Å². The predicted molar refractivity (Wildman–Crippen MR) is 59.4 cm³/mol. The first-order valence-electron chi connectivity index (χ1n) is 4.42. The van der Waals surface area contributed by atoms with Gasteiger partial charge in [0.15, 0.2) is 0 Å². The number of nitrogens with one attached hydrogen (secondary N) is 1. The Bertz CT molecular complexity index is 370. The molecule has 0 aromatic heterocycles. The maximum Gasteiger partial charge on any atom is 0.308 e. The molecule has 0 radical (unpaired) electrons. The van der Waals surface area contributed by atoms with E-state index in [4.69, 9.17) is 5.11 Å². The second kappa shape index (κ2) is 5.11. The van der Waals surface area contributed by atoms with E-state index in [0.29, 0.717) is 10.2 Å². The quantitative estimate of drug-likeness (QED) is 0.889. The molecule has 0 fully saturated rings. The molecule has 0 aliphatic heterocycles. The van der Waals surface area contributed by atoms with Crippen LogP contribution in [0.2, 0.25) is 0 Å². The van der Waals surface area contributed by atoms with Crippen LogP contribution < -0.4 is 5.32 Å². The third-order valence-electron chi connectivity index (χ3n) is 1.95. The Labute approximate surface area is 95.4 Å². The van der Waals surface area contributed by atoms with Crippen LogP contribution in [-0.2, 0) is 4.79 Å². The van der Waals surface area contributed by atoms with Crippen LogP contribution in [-0.4, -0.2) is 17.6 Å². The van der Waals surface area contributed by atoms with E-state index in [1.165, 1.54) is 6.07 Å². The average molecular weight is 276 g/mol. The molecule has 2 N–H and O–H groups in total. The van der Waals surface area contributed by atoms with Crippen LogP contribution in [0.4, 0.5) is 10.1 Å². The second-order valence-corrected chi connectivity index (χ2v) is 4.10. The molecule has 0 aliphatic carbocycles. The number of hydrogen-bond donors (Lipinski definition) is 2. The van der Waals surface area contributed by atoms with E-state index in [1.54, 1.807) is 19.1 Å². The molecule has 15 heavy (non-hydrogen) atoms. The number of carbonyl (C=O) groups is 1. The molecule has 0 bridgehead atoms. The van der Waals surface area contributed by atoms with Gasteiger partial charge < -0.3 is 10.4 Å². The van der Waals surface area contributed by atoms with Crippen molar-refractivity contribution in [3.05, 3.63) is 28.5 Å². The van der Waals surface area contributed by atoms with Gasteiger partial charge >= 0.3 is 5.97 Å². The second-order valence-electron chi connectivity index (χ2n) is 3.25. The van der Waals surface area contributed by atoms with E-state index in [9.17, 15) is 9.18 Å². The number of halogens is 2. The first kappa shape index (κ1) is 12.0. The molecule has 0 aliphatic rings. The summed E-state index contributed by atoms with van der Waals surface area (Å²) in [6, 6.07) is 4.57. The van der Waals surface area contributed by atoms with Crippen molar-refractivity contribution in [2.45, 2.75) is 6.92 Å². The van der Waals surface area contributed by atoms with Gasteiger partial charge in [-0.25, -0.2) is 4.39 Å². The molecule has 5 heteroatoms. The highest BCUT2D eigenvalue weighted by atomic mass is 79.9. The highest BCUT2D eigenvalue weighted by molar-refractivity contribution is 9.10. The number of hydrogen-bond acceptors (Lipinski definition) is 2. The zero-order valence-corrected chi connectivity index (χ0v) is 9.71. The number of carboxylic acids is 1. The van der Waals surface area contributed by atoms with Crippen LogP contribution in [0.5, 0.6) is 0 Å². The topological polar surface area (TPSA) is 49.3 Å². The molecule has 0 saturated heterocycles.